The Hall–Kier alpha value is -2.14. The molecule has 1 aromatic rings. The lowest BCUT2D eigenvalue weighted by atomic mass is 9.97. The van der Waals surface area contributed by atoms with Crippen LogP contribution in [-0.4, -0.2) is 53.5 Å². The van der Waals surface area contributed by atoms with Crippen molar-refractivity contribution < 1.29 is 14.7 Å². The summed E-state index contributed by atoms with van der Waals surface area (Å²) in [7, 11) is 1.74. The van der Waals surface area contributed by atoms with Gasteiger partial charge in [0, 0.05) is 20.1 Å². The third-order valence-electron chi connectivity index (χ3n) is 4.35. The van der Waals surface area contributed by atoms with Crippen molar-refractivity contribution in [3.63, 3.8) is 0 Å². The molecule has 1 aromatic carbocycles. The molecule has 0 saturated carbocycles. The van der Waals surface area contributed by atoms with Crippen LogP contribution in [0.5, 0.6) is 0 Å². The molecule has 0 aromatic heterocycles. The third kappa shape index (κ3) is 3.36. The van der Waals surface area contributed by atoms with Gasteiger partial charge in [-0.1, -0.05) is 37.1 Å². The summed E-state index contributed by atoms with van der Waals surface area (Å²) in [5, 5.41) is 9.23. The van der Waals surface area contributed by atoms with Gasteiger partial charge in [0.05, 0.1) is 12.2 Å². The van der Waals surface area contributed by atoms with Gasteiger partial charge in [-0.3, -0.25) is 14.5 Å². The molecule has 0 atom stereocenters. The monoisotopic (exact) mass is 330 g/mol. The van der Waals surface area contributed by atoms with E-state index in [1.54, 1.807) is 11.9 Å². The number of amides is 2. The topological polar surface area (TPSA) is 60.9 Å². The zero-order chi connectivity index (χ0) is 17.9. The molecule has 5 heteroatoms. The first-order valence-corrected chi connectivity index (χ1v) is 8.42. The highest BCUT2D eigenvalue weighted by atomic mass is 16.3. The Balaban J connectivity index is 2.54. The van der Waals surface area contributed by atoms with E-state index in [0.29, 0.717) is 24.4 Å². The summed E-state index contributed by atoms with van der Waals surface area (Å²) in [6.45, 7) is 6.65. The average Bonchev–Trinajstić information content (AvgIpc) is 2.77. The van der Waals surface area contributed by atoms with Crippen molar-refractivity contribution >= 4 is 17.4 Å². The van der Waals surface area contributed by atoms with Crippen LogP contribution >= 0.6 is 0 Å². The third-order valence-corrected chi connectivity index (χ3v) is 4.35. The number of nitrogens with zero attached hydrogens (tertiary/aromatic N) is 2. The fourth-order valence-corrected chi connectivity index (χ4v) is 3.04. The van der Waals surface area contributed by atoms with Crippen LogP contribution in [0.1, 0.15) is 36.5 Å². The lowest BCUT2D eigenvalue weighted by Crippen LogP contribution is -2.35. The number of aliphatic hydroxyl groups excluding tert-OH is 1. The van der Waals surface area contributed by atoms with Gasteiger partial charge in [0.25, 0.3) is 11.8 Å². The molecule has 2 rings (SSSR count). The van der Waals surface area contributed by atoms with Gasteiger partial charge in [-0.25, -0.2) is 0 Å². The van der Waals surface area contributed by atoms with Crippen molar-refractivity contribution in [3.8, 4) is 0 Å². The van der Waals surface area contributed by atoms with Crippen LogP contribution in [-0.2, 0) is 9.59 Å². The zero-order valence-corrected chi connectivity index (χ0v) is 14.9. The first-order chi connectivity index (χ1) is 11.4. The standard InChI is InChI=1S/C19H26N2O3/c1-5-6-9-21-18(23)16(15-8-7-13(2)12-14(15)3)17(19(21)24)20(4)10-11-22/h7-8,12,22H,5-6,9-11H2,1-4H3. The summed E-state index contributed by atoms with van der Waals surface area (Å²) in [5.74, 6) is -0.500. The van der Waals surface area contributed by atoms with Gasteiger partial charge >= 0.3 is 0 Å². The van der Waals surface area contributed by atoms with E-state index in [1.165, 1.54) is 4.90 Å². The number of likely N-dealkylation sites (N-methyl/N-ethyl adjacent to an activating group) is 1. The number of hydrogen-bond acceptors (Lipinski definition) is 4. The molecular weight excluding hydrogens is 304 g/mol. The smallest absolute Gasteiger partial charge is 0.277 e. The molecule has 0 fully saturated rings. The lowest BCUT2D eigenvalue weighted by molar-refractivity contribution is -0.137. The van der Waals surface area contributed by atoms with Crippen molar-refractivity contribution in [2.45, 2.75) is 33.6 Å². The largest absolute Gasteiger partial charge is 0.395 e. The fourth-order valence-electron chi connectivity index (χ4n) is 3.04. The van der Waals surface area contributed by atoms with Crippen LogP contribution in [0, 0.1) is 13.8 Å². The van der Waals surface area contributed by atoms with Crippen LogP contribution in [0.4, 0.5) is 0 Å². The molecule has 24 heavy (non-hydrogen) atoms. The number of imide groups is 1. The Labute approximate surface area is 143 Å². The Morgan fingerprint density at radius 3 is 2.46 bits per heavy atom. The van der Waals surface area contributed by atoms with Crippen molar-refractivity contribution in [2.75, 3.05) is 26.7 Å². The Kier molecular flexibility index (Phi) is 5.78. The molecule has 130 valence electrons. The van der Waals surface area contributed by atoms with E-state index in [9.17, 15) is 14.7 Å². The lowest BCUT2D eigenvalue weighted by Gasteiger charge is -2.20. The van der Waals surface area contributed by atoms with Crippen molar-refractivity contribution in [2.24, 2.45) is 0 Å². The molecule has 2 amide bonds. The quantitative estimate of drug-likeness (QED) is 0.778. The van der Waals surface area contributed by atoms with Gasteiger partial charge in [-0.15, -0.1) is 0 Å². The summed E-state index contributed by atoms with van der Waals surface area (Å²) in [6.07, 6.45) is 1.70. The number of aryl methyl sites for hydroxylation is 2. The van der Waals surface area contributed by atoms with Crippen molar-refractivity contribution in [1.29, 1.82) is 0 Å². The molecule has 0 spiro atoms. The number of carbonyl (C=O) groups is 2. The molecule has 1 heterocycles. The summed E-state index contributed by atoms with van der Waals surface area (Å²) in [4.78, 5) is 28.8. The molecule has 1 aliphatic heterocycles. The maximum absolute atomic E-state index is 12.9. The van der Waals surface area contributed by atoms with Crippen LogP contribution < -0.4 is 0 Å². The van der Waals surface area contributed by atoms with Gasteiger partial charge in [-0.05, 0) is 31.4 Å². The maximum atomic E-state index is 12.9. The minimum Gasteiger partial charge on any atom is -0.395 e. The van der Waals surface area contributed by atoms with Gasteiger partial charge in [-0.2, -0.15) is 0 Å². The normalized spacial score (nSPS) is 14.8. The predicted molar refractivity (Wildman–Crippen MR) is 94.2 cm³/mol. The van der Waals surface area contributed by atoms with Crippen LogP contribution in [0.3, 0.4) is 0 Å². The minimum atomic E-state index is -0.264. The first-order valence-electron chi connectivity index (χ1n) is 8.42. The summed E-state index contributed by atoms with van der Waals surface area (Å²) < 4.78 is 0. The molecule has 5 nitrogen and oxygen atoms in total. The minimum absolute atomic E-state index is 0.0728. The van der Waals surface area contributed by atoms with E-state index in [2.05, 4.69) is 0 Å². The maximum Gasteiger partial charge on any atom is 0.277 e. The second kappa shape index (κ2) is 7.62. The number of aliphatic hydroxyl groups is 1. The second-order valence-corrected chi connectivity index (χ2v) is 6.30. The summed E-state index contributed by atoms with van der Waals surface area (Å²) >= 11 is 0. The van der Waals surface area contributed by atoms with E-state index in [0.717, 1.165) is 29.5 Å². The summed E-state index contributed by atoms with van der Waals surface area (Å²) in [6, 6.07) is 5.87. The van der Waals surface area contributed by atoms with E-state index < -0.39 is 0 Å². The highest BCUT2D eigenvalue weighted by Crippen LogP contribution is 2.33. The number of benzene rings is 1. The van der Waals surface area contributed by atoms with Gasteiger partial charge in [0.2, 0.25) is 0 Å². The number of unbranched alkanes of at least 4 members (excludes halogenated alkanes) is 1. The molecule has 0 bridgehead atoms. The van der Waals surface area contributed by atoms with E-state index in [1.807, 2.05) is 39.0 Å². The van der Waals surface area contributed by atoms with E-state index in [4.69, 9.17) is 0 Å². The number of carbonyl (C=O) groups excluding carboxylic acids is 2. The van der Waals surface area contributed by atoms with Gasteiger partial charge in [0.15, 0.2) is 0 Å². The second-order valence-electron chi connectivity index (χ2n) is 6.30. The Bertz CT molecular complexity index is 679. The average molecular weight is 330 g/mol. The predicted octanol–water partition coefficient (Wildman–Crippen LogP) is 2.11. The Morgan fingerprint density at radius 2 is 1.88 bits per heavy atom. The highest BCUT2D eigenvalue weighted by Gasteiger charge is 2.40. The molecule has 1 aliphatic rings. The van der Waals surface area contributed by atoms with Crippen LogP contribution in [0.2, 0.25) is 0 Å². The van der Waals surface area contributed by atoms with Crippen molar-refractivity contribution in [1.82, 2.24) is 9.80 Å². The van der Waals surface area contributed by atoms with Gasteiger partial charge in [0.1, 0.15) is 5.70 Å². The van der Waals surface area contributed by atoms with Crippen LogP contribution in [0.25, 0.3) is 5.57 Å². The zero-order valence-electron chi connectivity index (χ0n) is 14.9. The highest BCUT2D eigenvalue weighted by molar-refractivity contribution is 6.35. The first kappa shape index (κ1) is 18.2. The molecule has 0 unspecified atom stereocenters. The Morgan fingerprint density at radius 1 is 1.17 bits per heavy atom. The molecule has 0 radical (unpaired) electrons. The van der Waals surface area contributed by atoms with E-state index in [-0.39, 0.29) is 18.4 Å². The molecular formula is C19H26N2O3. The van der Waals surface area contributed by atoms with Gasteiger partial charge < -0.3 is 10.0 Å². The number of hydrogen-bond donors (Lipinski definition) is 1. The molecule has 0 aliphatic carbocycles. The van der Waals surface area contributed by atoms with Crippen molar-refractivity contribution in [3.05, 3.63) is 40.6 Å². The SMILES string of the molecule is CCCCN1C(=O)C(c2ccc(C)cc2C)=C(N(C)CCO)C1=O. The summed E-state index contributed by atoms with van der Waals surface area (Å²) in [5.41, 5.74) is 3.71. The fraction of sp³-hybridized carbons (Fsp3) is 0.474. The van der Waals surface area contributed by atoms with E-state index >= 15 is 0 Å². The molecule has 0 saturated heterocycles. The molecule has 1 N–H and O–H groups in total. The van der Waals surface area contributed by atoms with Crippen LogP contribution in [0.15, 0.2) is 23.9 Å². The number of rotatable bonds is 7.